The van der Waals surface area contributed by atoms with Crippen LogP contribution in [0.4, 0.5) is 0 Å². The molecule has 0 aliphatic carbocycles. The Morgan fingerprint density at radius 3 is 2.71 bits per heavy atom. The minimum Gasteiger partial charge on any atom is -0.496 e. The third kappa shape index (κ3) is 2.52. The molecule has 0 atom stereocenters. The predicted molar refractivity (Wildman–Crippen MR) is 65.8 cm³/mol. The molecule has 1 aromatic rings. The summed E-state index contributed by atoms with van der Waals surface area (Å²) in [4.78, 5) is 11.4. The summed E-state index contributed by atoms with van der Waals surface area (Å²) in [7, 11) is 1.49. The number of ether oxygens (including phenoxy) is 1. The zero-order valence-corrected chi connectivity index (χ0v) is 11.0. The summed E-state index contributed by atoms with van der Waals surface area (Å²) in [6, 6.07) is 3.29. The van der Waals surface area contributed by atoms with Crippen molar-refractivity contribution in [2.75, 3.05) is 13.0 Å². The second kappa shape index (κ2) is 5.19. The van der Waals surface area contributed by atoms with Crippen molar-refractivity contribution in [1.82, 2.24) is 0 Å². The average molecular weight is 345 g/mol. The Labute approximate surface area is 106 Å². The number of alkyl halides is 1. The Bertz CT molecular complexity index is 366. The molecule has 0 saturated heterocycles. The van der Waals surface area contributed by atoms with Gasteiger partial charge < -0.3 is 4.74 Å². The highest BCUT2D eigenvalue weighted by atomic mass is 127. The van der Waals surface area contributed by atoms with Gasteiger partial charge in [-0.15, -0.1) is 11.6 Å². The molecule has 2 nitrogen and oxygen atoms in total. The summed E-state index contributed by atoms with van der Waals surface area (Å²) in [5, 5.41) is 0.563. The summed E-state index contributed by atoms with van der Waals surface area (Å²) in [5.74, 6) is 0.229. The van der Waals surface area contributed by atoms with E-state index in [-0.39, 0.29) is 11.7 Å². The summed E-state index contributed by atoms with van der Waals surface area (Å²) >= 11 is 13.4. The van der Waals surface area contributed by atoms with Crippen molar-refractivity contribution in [3.05, 3.63) is 26.3 Å². The van der Waals surface area contributed by atoms with Gasteiger partial charge in [-0.25, -0.2) is 0 Å². The van der Waals surface area contributed by atoms with Gasteiger partial charge in [0, 0.05) is 9.64 Å². The first-order valence-corrected chi connectivity index (χ1v) is 5.71. The van der Waals surface area contributed by atoms with E-state index in [1.807, 2.05) is 22.6 Å². The molecule has 0 aliphatic heterocycles. The topological polar surface area (TPSA) is 26.3 Å². The number of methoxy groups -OCH3 is 1. The maximum atomic E-state index is 11.4. The van der Waals surface area contributed by atoms with Gasteiger partial charge in [0.15, 0.2) is 5.78 Å². The normalized spacial score (nSPS) is 10.0. The third-order valence-electron chi connectivity index (χ3n) is 1.66. The molecule has 1 rings (SSSR count). The number of halogens is 3. The fourth-order valence-corrected chi connectivity index (χ4v) is 1.75. The molecule has 0 radical (unpaired) electrons. The van der Waals surface area contributed by atoms with Gasteiger partial charge in [-0.1, -0.05) is 11.6 Å². The van der Waals surface area contributed by atoms with Crippen molar-refractivity contribution in [1.29, 1.82) is 0 Å². The van der Waals surface area contributed by atoms with Crippen molar-refractivity contribution in [3.8, 4) is 5.75 Å². The number of ketones is 1. The lowest BCUT2D eigenvalue weighted by Crippen LogP contribution is -2.04. The minimum absolute atomic E-state index is 0.0614. The molecule has 0 N–H and O–H groups in total. The molecule has 0 bridgehead atoms. The number of rotatable bonds is 3. The molecule has 0 heterocycles. The zero-order chi connectivity index (χ0) is 10.7. The van der Waals surface area contributed by atoms with Crippen LogP contribution in [0.2, 0.25) is 5.02 Å². The first-order valence-electron chi connectivity index (χ1n) is 3.72. The zero-order valence-electron chi connectivity index (χ0n) is 7.31. The summed E-state index contributed by atoms with van der Waals surface area (Å²) in [6.07, 6.45) is 0. The fraction of sp³-hybridized carbons (Fsp3) is 0.222. The van der Waals surface area contributed by atoms with E-state index in [0.29, 0.717) is 16.3 Å². The van der Waals surface area contributed by atoms with E-state index in [0.717, 1.165) is 3.57 Å². The summed E-state index contributed by atoms with van der Waals surface area (Å²) < 4.78 is 5.84. The molecule has 0 aliphatic rings. The van der Waals surface area contributed by atoms with Crippen LogP contribution >= 0.6 is 45.8 Å². The Morgan fingerprint density at radius 2 is 2.21 bits per heavy atom. The number of Topliss-reactive ketones (excluding diaryl/α,β-unsaturated/α-hetero) is 1. The van der Waals surface area contributed by atoms with Crippen LogP contribution < -0.4 is 4.74 Å². The molecular formula is C9H7Cl2IO2. The van der Waals surface area contributed by atoms with E-state index >= 15 is 0 Å². The first kappa shape index (κ1) is 12.1. The van der Waals surface area contributed by atoms with Gasteiger partial charge in [0.05, 0.1) is 23.6 Å². The smallest absolute Gasteiger partial charge is 0.181 e. The molecule has 0 fully saturated rings. The highest BCUT2D eigenvalue weighted by Gasteiger charge is 2.13. The van der Waals surface area contributed by atoms with E-state index in [2.05, 4.69) is 0 Å². The second-order valence-corrected chi connectivity index (χ2v) is 4.36. The van der Waals surface area contributed by atoms with E-state index < -0.39 is 0 Å². The number of benzene rings is 1. The third-order valence-corrected chi connectivity index (χ3v) is 3.43. The molecule has 0 spiro atoms. The Balaban J connectivity index is 3.27. The van der Waals surface area contributed by atoms with Crippen molar-refractivity contribution >= 4 is 51.6 Å². The van der Waals surface area contributed by atoms with Gasteiger partial charge in [0.2, 0.25) is 0 Å². The van der Waals surface area contributed by atoms with Crippen LogP contribution in [0.1, 0.15) is 10.4 Å². The number of hydrogen-bond acceptors (Lipinski definition) is 2. The van der Waals surface area contributed by atoms with Crippen molar-refractivity contribution in [2.45, 2.75) is 0 Å². The molecule has 0 saturated carbocycles. The van der Waals surface area contributed by atoms with E-state index in [1.54, 1.807) is 12.1 Å². The van der Waals surface area contributed by atoms with Crippen LogP contribution in [-0.4, -0.2) is 18.8 Å². The van der Waals surface area contributed by atoms with Crippen LogP contribution in [0.25, 0.3) is 0 Å². The average Bonchev–Trinajstić information content (AvgIpc) is 2.20. The molecule has 0 aromatic heterocycles. The number of carbonyl (C=O) groups excluding carboxylic acids is 1. The molecule has 0 amide bonds. The Hall–Kier alpha value is -0.000000000000000167. The summed E-state index contributed by atoms with van der Waals surface area (Å²) in [5.41, 5.74) is 0.469. The largest absolute Gasteiger partial charge is 0.496 e. The summed E-state index contributed by atoms with van der Waals surface area (Å²) in [6.45, 7) is 0. The monoisotopic (exact) mass is 344 g/mol. The van der Waals surface area contributed by atoms with Crippen molar-refractivity contribution < 1.29 is 9.53 Å². The number of hydrogen-bond donors (Lipinski definition) is 0. The van der Waals surface area contributed by atoms with Crippen molar-refractivity contribution in [3.63, 3.8) is 0 Å². The second-order valence-electron chi connectivity index (χ2n) is 2.52. The van der Waals surface area contributed by atoms with E-state index in [9.17, 15) is 4.79 Å². The van der Waals surface area contributed by atoms with Crippen LogP contribution in [0.5, 0.6) is 5.75 Å². The maximum Gasteiger partial charge on any atom is 0.181 e. The van der Waals surface area contributed by atoms with Gasteiger partial charge in [-0.3, -0.25) is 4.79 Å². The van der Waals surface area contributed by atoms with Gasteiger partial charge in [0.1, 0.15) is 5.75 Å². The lowest BCUT2D eigenvalue weighted by Gasteiger charge is -2.07. The fourth-order valence-electron chi connectivity index (χ4n) is 0.987. The molecule has 14 heavy (non-hydrogen) atoms. The van der Waals surface area contributed by atoms with Crippen LogP contribution in [-0.2, 0) is 0 Å². The lowest BCUT2D eigenvalue weighted by atomic mass is 10.1. The standard InChI is InChI=1S/C9H7Cl2IO2/c1-14-9-3-6(11)7(12)2-5(9)8(13)4-10/h2-3H,4H2,1H3. The van der Waals surface area contributed by atoms with E-state index in [4.69, 9.17) is 27.9 Å². The quantitative estimate of drug-likeness (QED) is 0.477. The Morgan fingerprint density at radius 1 is 1.57 bits per heavy atom. The van der Waals surface area contributed by atoms with Crippen LogP contribution in [0.3, 0.4) is 0 Å². The van der Waals surface area contributed by atoms with Crippen LogP contribution in [0, 0.1) is 3.57 Å². The molecule has 0 unspecified atom stereocenters. The highest BCUT2D eigenvalue weighted by Crippen LogP contribution is 2.28. The molecular weight excluding hydrogens is 338 g/mol. The lowest BCUT2D eigenvalue weighted by molar-refractivity contribution is 0.101. The van der Waals surface area contributed by atoms with Gasteiger partial charge in [-0.2, -0.15) is 0 Å². The SMILES string of the molecule is COc1cc(Cl)c(I)cc1C(=O)CCl. The van der Waals surface area contributed by atoms with Gasteiger partial charge in [-0.05, 0) is 28.7 Å². The molecule has 5 heteroatoms. The molecule has 1 aromatic carbocycles. The van der Waals surface area contributed by atoms with E-state index in [1.165, 1.54) is 7.11 Å². The van der Waals surface area contributed by atoms with Crippen LogP contribution in [0.15, 0.2) is 12.1 Å². The minimum atomic E-state index is -0.168. The Kier molecular flexibility index (Phi) is 4.47. The maximum absolute atomic E-state index is 11.4. The predicted octanol–water partition coefficient (Wildman–Crippen LogP) is 3.37. The van der Waals surface area contributed by atoms with Gasteiger partial charge >= 0.3 is 0 Å². The van der Waals surface area contributed by atoms with Crippen molar-refractivity contribution in [2.24, 2.45) is 0 Å². The highest BCUT2D eigenvalue weighted by molar-refractivity contribution is 14.1. The number of carbonyl (C=O) groups is 1. The van der Waals surface area contributed by atoms with Gasteiger partial charge in [0.25, 0.3) is 0 Å². The molecule has 76 valence electrons. The first-order chi connectivity index (χ1) is 6.60.